The van der Waals surface area contributed by atoms with Crippen LogP contribution in [0.25, 0.3) is 10.8 Å². The molecule has 0 aliphatic rings. The molecule has 48 heavy (non-hydrogen) atoms. The number of carbonyl (C=O) groups is 4. The Morgan fingerprint density at radius 2 is 0.896 bits per heavy atom. The van der Waals surface area contributed by atoms with E-state index in [-0.39, 0.29) is 43.8 Å². The van der Waals surface area contributed by atoms with E-state index in [1.165, 1.54) is 74.5 Å². The molecule has 4 rings (SSSR count). The average molecular weight is 697 g/mol. The van der Waals surface area contributed by atoms with Crippen molar-refractivity contribution >= 4 is 77.3 Å². The molecule has 2 amide bonds. The van der Waals surface area contributed by atoms with Gasteiger partial charge in [-0.05, 0) is 60.7 Å². The van der Waals surface area contributed by atoms with E-state index in [1.807, 2.05) is 0 Å². The van der Waals surface area contributed by atoms with Gasteiger partial charge in [0.05, 0.1) is 35.4 Å². The monoisotopic (exact) mass is 696 g/mol. The third kappa shape index (κ3) is 7.72. The summed E-state index contributed by atoms with van der Waals surface area (Å²) >= 11 is 0. The van der Waals surface area contributed by atoms with Crippen LogP contribution in [0.2, 0.25) is 0 Å². The van der Waals surface area contributed by atoms with Crippen molar-refractivity contribution in [2.45, 2.75) is 23.6 Å². The Morgan fingerprint density at radius 1 is 0.562 bits per heavy atom. The minimum atomic E-state index is -4.45. The van der Waals surface area contributed by atoms with Gasteiger partial charge in [-0.1, -0.05) is 24.3 Å². The van der Waals surface area contributed by atoms with E-state index in [4.69, 9.17) is 9.47 Å². The molecule has 0 aliphatic heterocycles. The summed E-state index contributed by atoms with van der Waals surface area (Å²) in [5, 5.41) is 5.56. The molecule has 0 saturated carbocycles. The molecule has 0 radical (unpaired) electrons. The molecule has 0 unspecified atom stereocenters. The van der Waals surface area contributed by atoms with Crippen LogP contribution < -0.4 is 19.2 Å². The van der Waals surface area contributed by atoms with Crippen LogP contribution in [0.1, 0.15) is 13.8 Å². The number of methoxy groups -OCH3 is 2. The first-order chi connectivity index (χ1) is 22.7. The molecule has 252 valence electrons. The second kappa shape index (κ2) is 14.5. The number of fused-ring (bicyclic) bond motifs is 1. The summed E-state index contributed by atoms with van der Waals surface area (Å²) < 4.78 is 67.4. The molecule has 16 heteroatoms. The van der Waals surface area contributed by atoms with Gasteiger partial charge in [0.25, 0.3) is 20.0 Å². The molecular weight excluding hydrogens is 665 g/mol. The number of sulfonamides is 2. The maximum absolute atomic E-state index is 14.0. The number of esters is 2. The number of nitrogens with one attached hydrogen (secondary N) is 2. The van der Waals surface area contributed by atoms with Crippen LogP contribution in [0.5, 0.6) is 0 Å². The van der Waals surface area contributed by atoms with Crippen molar-refractivity contribution in [1.82, 2.24) is 0 Å². The van der Waals surface area contributed by atoms with Crippen LogP contribution in [0.4, 0.5) is 22.7 Å². The molecule has 0 atom stereocenters. The summed E-state index contributed by atoms with van der Waals surface area (Å²) in [7, 11) is -6.69. The van der Waals surface area contributed by atoms with Gasteiger partial charge in [-0.25, -0.2) is 16.8 Å². The quantitative estimate of drug-likeness (QED) is 0.208. The van der Waals surface area contributed by atoms with E-state index < -0.39 is 45.1 Å². The number of anilines is 4. The lowest BCUT2D eigenvalue weighted by Gasteiger charge is -2.28. The van der Waals surface area contributed by atoms with Crippen LogP contribution in [0.3, 0.4) is 0 Å². The van der Waals surface area contributed by atoms with Gasteiger partial charge in [-0.3, -0.25) is 27.8 Å². The normalized spacial score (nSPS) is 11.3. The molecule has 2 N–H and O–H groups in total. The second-order valence-corrected chi connectivity index (χ2v) is 14.0. The lowest BCUT2D eigenvalue weighted by atomic mass is 10.1. The molecule has 4 aromatic carbocycles. The van der Waals surface area contributed by atoms with E-state index in [0.29, 0.717) is 11.4 Å². The second-order valence-electron chi connectivity index (χ2n) is 10.2. The zero-order chi connectivity index (χ0) is 35.2. The number of amides is 2. The standard InChI is InChI=1S/C32H32N4O10S2/c1-21(37)33-23-9-13-25(14-10-23)47(41,42)35(19-31(39)45-3)29-17-18-30(28-8-6-5-7-27(28)29)36(20-32(40)46-4)48(43,44)26-15-11-24(12-16-26)34-22(2)38/h5-18H,19-20H2,1-4H3,(H,33,37)(H,34,38). The Bertz CT molecular complexity index is 1930. The van der Waals surface area contributed by atoms with E-state index in [2.05, 4.69) is 10.6 Å². The van der Waals surface area contributed by atoms with Crippen molar-refractivity contribution in [3.05, 3.63) is 84.9 Å². The Morgan fingerprint density at radius 3 is 1.19 bits per heavy atom. The van der Waals surface area contributed by atoms with Crippen molar-refractivity contribution in [3.63, 3.8) is 0 Å². The molecule has 14 nitrogen and oxygen atoms in total. The fourth-order valence-corrected chi connectivity index (χ4v) is 7.60. The zero-order valence-electron chi connectivity index (χ0n) is 26.3. The topological polar surface area (TPSA) is 186 Å². The van der Waals surface area contributed by atoms with Gasteiger partial charge in [0.15, 0.2) is 0 Å². The molecule has 0 heterocycles. The lowest BCUT2D eigenvalue weighted by molar-refractivity contribution is -0.139. The minimum Gasteiger partial charge on any atom is -0.468 e. The van der Waals surface area contributed by atoms with Gasteiger partial charge < -0.3 is 20.1 Å². The largest absolute Gasteiger partial charge is 0.468 e. The zero-order valence-corrected chi connectivity index (χ0v) is 27.9. The highest BCUT2D eigenvalue weighted by atomic mass is 32.2. The van der Waals surface area contributed by atoms with Crippen molar-refractivity contribution in [2.75, 3.05) is 46.6 Å². The summed E-state index contributed by atoms with van der Waals surface area (Å²) in [6, 6.07) is 19.6. The molecule has 0 aromatic heterocycles. The number of benzene rings is 4. The first-order valence-corrected chi connectivity index (χ1v) is 17.0. The molecule has 0 bridgehead atoms. The van der Waals surface area contributed by atoms with Gasteiger partial charge >= 0.3 is 11.9 Å². The number of ether oxygens (including phenoxy) is 2. The highest BCUT2D eigenvalue weighted by Gasteiger charge is 2.32. The molecule has 0 saturated heterocycles. The van der Waals surface area contributed by atoms with E-state index in [0.717, 1.165) is 22.8 Å². The lowest BCUT2D eigenvalue weighted by Crippen LogP contribution is -2.37. The Hall–Kier alpha value is -5.48. The molecule has 0 spiro atoms. The minimum absolute atomic E-state index is 0.0146. The number of hydrogen-bond donors (Lipinski definition) is 2. The maximum atomic E-state index is 14.0. The predicted octanol–water partition coefficient (Wildman–Crippen LogP) is 3.49. The maximum Gasteiger partial charge on any atom is 0.326 e. The van der Waals surface area contributed by atoms with Crippen molar-refractivity contribution in [2.24, 2.45) is 0 Å². The van der Waals surface area contributed by atoms with Crippen LogP contribution in [0.15, 0.2) is 94.7 Å². The average Bonchev–Trinajstić information content (AvgIpc) is 3.05. The summed E-state index contributed by atoms with van der Waals surface area (Å²) in [5.41, 5.74) is 0.737. The van der Waals surface area contributed by atoms with Gasteiger partial charge in [0.1, 0.15) is 13.1 Å². The molecule has 0 aliphatic carbocycles. The Kier molecular flexibility index (Phi) is 10.7. The number of nitrogens with zero attached hydrogens (tertiary/aromatic N) is 2. The molecule has 4 aromatic rings. The third-order valence-electron chi connectivity index (χ3n) is 6.94. The fourth-order valence-electron chi connectivity index (χ4n) is 4.75. The van der Waals surface area contributed by atoms with Crippen LogP contribution in [0, 0.1) is 0 Å². The number of carbonyl (C=O) groups excluding carboxylic acids is 4. The van der Waals surface area contributed by atoms with Crippen LogP contribution >= 0.6 is 0 Å². The summed E-state index contributed by atoms with van der Waals surface area (Å²) in [4.78, 5) is 47.6. The van der Waals surface area contributed by atoms with Crippen molar-refractivity contribution in [3.8, 4) is 0 Å². The Labute approximate surface area is 277 Å². The number of hydrogen-bond acceptors (Lipinski definition) is 10. The third-order valence-corrected chi connectivity index (χ3v) is 10.5. The van der Waals surface area contributed by atoms with Gasteiger partial charge in [0.2, 0.25) is 11.8 Å². The molecular formula is C32H32N4O10S2. The van der Waals surface area contributed by atoms with Crippen molar-refractivity contribution < 1.29 is 45.5 Å². The summed E-state index contributed by atoms with van der Waals surface area (Å²) in [6.45, 7) is 1.14. The summed E-state index contributed by atoms with van der Waals surface area (Å²) in [6.07, 6.45) is 0. The first-order valence-electron chi connectivity index (χ1n) is 14.1. The fraction of sp³-hybridized carbons (Fsp3) is 0.188. The molecule has 0 fully saturated rings. The smallest absolute Gasteiger partial charge is 0.326 e. The van der Waals surface area contributed by atoms with E-state index in [1.54, 1.807) is 24.3 Å². The van der Waals surface area contributed by atoms with E-state index in [9.17, 15) is 36.0 Å². The highest BCUT2D eigenvalue weighted by molar-refractivity contribution is 7.93. The SMILES string of the molecule is COC(=O)CN(c1ccc(N(CC(=O)OC)S(=O)(=O)c2ccc(NC(C)=O)cc2)c2ccccc12)S(=O)(=O)c1ccc(NC(C)=O)cc1. The summed E-state index contributed by atoms with van der Waals surface area (Å²) in [5.74, 6) is -2.46. The Balaban J connectivity index is 1.89. The number of rotatable bonds is 12. The van der Waals surface area contributed by atoms with Crippen molar-refractivity contribution in [1.29, 1.82) is 0 Å². The van der Waals surface area contributed by atoms with E-state index >= 15 is 0 Å². The highest BCUT2D eigenvalue weighted by Crippen LogP contribution is 2.38. The van der Waals surface area contributed by atoms with Gasteiger partial charge in [-0.2, -0.15) is 0 Å². The first kappa shape index (κ1) is 35.4. The van der Waals surface area contributed by atoms with Gasteiger partial charge in [0, 0.05) is 36.0 Å². The van der Waals surface area contributed by atoms with Gasteiger partial charge in [-0.15, -0.1) is 0 Å². The predicted molar refractivity (Wildman–Crippen MR) is 179 cm³/mol. The van der Waals surface area contributed by atoms with Crippen LogP contribution in [-0.4, -0.2) is 67.9 Å². The van der Waals surface area contributed by atoms with Crippen LogP contribution in [-0.2, 0) is 48.7 Å².